The Morgan fingerprint density at radius 1 is 1.56 bits per heavy atom. The lowest BCUT2D eigenvalue weighted by molar-refractivity contribution is 0.704. The molecule has 0 atom stereocenters. The molecule has 2 rings (SSSR count). The average molecular weight is 321 g/mol. The molecule has 86 valence electrons. The quantitative estimate of drug-likeness (QED) is 0.940. The smallest absolute Gasteiger partial charge is 0.124 e. The standard InChI is InChI=1S/C10H11BrClN3S/c1-13-5-8-14-9(10(11)15(8)2)6-3-4-7(12)16-6/h3-4,13H,5H2,1-2H3. The van der Waals surface area contributed by atoms with Crippen molar-refractivity contribution in [2.75, 3.05) is 7.05 Å². The fraction of sp³-hybridized carbons (Fsp3) is 0.300. The summed E-state index contributed by atoms with van der Waals surface area (Å²) >= 11 is 11.0. The van der Waals surface area contributed by atoms with Crippen LogP contribution in [-0.4, -0.2) is 16.6 Å². The molecule has 0 saturated carbocycles. The van der Waals surface area contributed by atoms with Gasteiger partial charge in [-0.1, -0.05) is 11.6 Å². The van der Waals surface area contributed by atoms with Gasteiger partial charge in [-0.15, -0.1) is 11.3 Å². The maximum absolute atomic E-state index is 5.93. The van der Waals surface area contributed by atoms with Crippen LogP contribution < -0.4 is 5.32 Å². The molecule has 0 saturated heterocycles. The molecule has 3 nitrogen and oxygen atoms in total. The van der Waals surface area contributed by atoms with Crippen molar-refractivity contribution < 1.29 is 0 Å². The van der Waals surface area contributed by atoms with Crippen LogP contribution in [0.5, 0.6) is 0 Å². The topological polar surface area (TPSA) is 29.9 Å². The zero-order chi connectivity index (χ0) is 11.7. The molecule has 0 spiro atoms. The van der Waals surface area contributed by atoms with Gasteiger partial charge in [-0.05, 0) is 35.1 Å². The van der Waals surface area contributed by atoms with Crippen molar-refractivity contribution in [3.05, 3.63) is 26.9 Å². The van der Waals surface area contributed by atoms with Crippen molar-refractivity contribution in [3.63, 3.8) is 0 Å². The van der Waals surface area contributed by atoms with E-state index < -0.39 is 0 Å². The van der Waals surface area contributed by atoms with E-state index in [-0.39, 0.29) is 0 Å². The Labute approximate surface area is 112 Å². The lowest BCUT2D eigenvalue weighted by atomic mass is 10.4. The van der Waals surface area contributed by atoms with Gasteiger partial charge in [0, 0.05) is 7.05 Å². The molecular formula is C10H11BrClN3S. The molecule has 0 amide bonds. The predicted octanol–water partition coefficient (Wildman–Crippen LogP) is 3.28. The van der Waals surface area contributed by atoms with Gasteiger partial charge in [0.05, 0.1) is 15.8 Å². The van der Waals surface area contributed by atoms with Gasteiger partial charge in [-0.3, -0.25) is 0 Å². The van der Waals surface area contributed by atoms with Crippen LogP contribution in [0.1, 0.15) is 5.82 Å². The highest BCUT2D eigenvalue weighted by atomic mass is 79.9. The van der Waals surface area contributed by atoms with E-state index in [1.54, 1.807) is 0 Å². The monoisotopic (exact) mass is 319 g/mol. The summed E-state index contributed by atoms with van der Waals surface area (Å²) in [7, 11) is 3.90. The largest absolute Gasteiger partial charge is 0.324 e. The number of thiophene rings is 1. The molecule has 2 heterocycles. The third-order valence-electron chi connectivity index (χ3n) is 2.26. The van der Waals surface area contributed by atoms with Crippen LogP contribution in [0.4, 0.5) is 0 Å². The van der Waals surface area contributed by atoms with E-state index in [1.807, 2.05) is 30.8 Å². The van der Waals surface area contributed by atoms with Gasteiger partial charge in [-0.25, -0.2) is 4.98 Å². The Hall–Kier alpha value is -0.360. The maximum atomic E-state index is 5.93. The number of nitrogens with zero attached hydrogens (tertiary/aromatic N) is 2. The fourth-order valence-electron chi connectivity index (χ4n) is 1.44. The van der Waals surface area contributed by atoms with Gasteiger partial charge in [0.15, 0.2) is 0 Å². The summed E-state index contributed by atoms with van der Waals surface area (Å²) in [5, 5.41) is 3.10. The highest BCUT2D eigenvalue weighted by Crippen LogP contribution is 2.34. The average Bonchev–Trinajstić information content (AvgIpc) is 2.78. The summed E-state index contributed by atoms with van der Waals surface area (Å²) in [6.07, 6.45) is 0. The Bertz CT molecular complexity index is 506. The first-order valence-corrected chi connectivity index (χ1v) is 6.73. The van der Waals surface area contributed by atoms with Gasteiger partial charge in [0.25, 0.3) is 0 Å². The van der Waals surface area contributed by atoms with Crippen LogP contribution in [0.2, 0.25) is 4.34 Å². The summed E-state index contributed by atoms with van der Waals surface area (Å²) in [5.74, 6) is 0.994. The molecule has 0 bridgehead atoms. The normalized spacial score (nSPS) is 11.0. The molecule has 0 aromatic carbocycles. The van der Waals surface area contributed by atoms with Crippen LogP contribution in [0.3, 0.4) is 0 Å². The minimum Gasteiger partial charge on any atom is -0.324 e. The predicted molar refractivity (Wildman–Crippen MR) is 72.0 cm³/mol. The lowest BCUT2D eigenvalue weighted by Crippen LogP contribution is -2.10. The number of nitrogens with one attached hydrogen (secondary N) is 1. The second kappa shape index (κ2) is 4.87. The lowest BCUT2D eigenvalue weighted by Gasteiger charge is -1.99. The third kappa shape index (κ3) is 2.18. The number of halogens is 2. The molecule has 6 heteroatoms. The molecule has 0 aliphatic heterocycles. The number of aromatic nitrogens is 2. The summed E-state index contributed by atoms with van der Waals surface area (Å²) in [4.78, 5) is 5.67. The Morgan fingerprint density at radius 3 is 2.88 bits per heavy atom. The molecule has 2 aromatic rings. The maximum Gasteiger partial charge on any atom is 0.124 e. The van der Waals surface area contributed by atoms with E-state index in [9.17, 15) is 0 Å². The van der Waals surface area contributed by atoms with Crippen LogP contribution in [-0.2, 0) is 13.6 Å². The first kappa shape index (κ1) is 12.1. The van der Waals surface area contributed by atoms with E-state index in [2.05, 4.69) is 26.2 Å². The summed E-state index contributed by atoms with van der Waals surface area (Å²) in [5.41, 5.74) is 0.949. The van der Waals surface area contributed by atoms with Crippen LogP contribution in [0.15, 0.2) is 16.7 Å². The molecule has 1 N–H and O–H groups in total. The Balaban J connectivity index is 2.45. The van der Waals surface area contributed by atoms with Crippen molar-refractivity contribution in [1.82, 2.24) is 14.9 Å². The van der Waals surface area contributed by atoms with E-state index >= 15 is 0 Å². The van der Waals surface area contributed by atoms with Crippen molar-refractivity contribution >= 4 is 38.9 Å². The van der Waals surface area contributed by atoms with Gasteiger partial charge in [0.2, 0.25) is 0 Å². The Kier molecular flexibility index (Phi) is 3.69. The van der Waals surface area contributed by atoms with Gasteiger partial charge >= 0.3 is 0 Å². The summed E-state index contributed by atoms with van der Waals surface area (Å²) in [6.45, 7) is 0.744. The summed E-state index contributed by atoms with van der Waals surface area (Å²) in [6, 6.07) is 3.88. The Morgan fingerprint density at radius 2 is 2.31 bits per heavy atom. The van der Waals surface area contributed by atoms with Crippen molar-refractivity contribution in [2.45, 2.75) is 6.54 Å². The van der Waals surface area contributed by atoms with Crippen LogP contribution >= 0.6 is 38.9 Å². The molecule has 0 fully saturated rings. The molecule has 0 aliphatic rings. The second-order valence-electron chi connectivity index (χ2n) is 3.36. The van der Waals surface area contributed by atoms with Crippen molar-refractivity contribution in [3.8, 4) is 10.6 Å². The van der Waals surface area contributed by atoms with Gasteiger partial charge < -0.3 is 9.88 Å². The molecule has 0 radical (unpaired) electrons. The number of rotatable bonds is 3. The number of hydrogen-bond acceptors (Lipinski definition) is 3. The minimum atomic E-state index is 0.744. The van der Waals surface area contributed by atoms with E-state index in [0.717, 1.165) is 31.9 Å². The zero-order valence-electron chi connectivity index (χ0n) is 8.92. The van der Waals surface area contributed by atoms with E-state index in [0.29, 0.717) is 0 Å². The molecule has 0 unspecified atom stereocenters. The highest BCUT2D eigenvalue weighted by Gasteiger charge is 2.14. The van der Waals surface area contributed by atoms with Crippen molar-refractivity contribution in [2.24, 2.45) is 7.05 Å². The van der Waals surface area contributed by atoms with E-state index in [1.165, 1.54) is 11.3 Å². The number of imidazole rings is 1. The first-order valence-electron chi connectivity index (χ1n) is 4.75. The van der Waals surface area contributed by atoms with Gasteiger partial charge in [0.1, 0.15) is 16.1 Å². The highest BCUT2D eigenvalue weighted by molar-refractivity contribution is 9.10. The third-order valence-corrected chi connectivity index (χ3v) is 4.40. The van der Waals surface area contributed by atoms with Crippen LogP contribution in [0.25, 0.3) is 10.6 Å². The molecule has 16 heavy (non-hydrogen) atoms. The van der Waals surface area contributed by atoms with E-state index in [4.69, 9.17) is 11.6 Å². The van der Waals surface area contributed by atoms with Crippen LogP contribution in [0, 0.1) is 0 Å². The summed E-state index contributed by atoms with van der Waals surface area (Å²) < 4.78 is 3.79. The second-order valence-corrected chi connectivity index (χ2v) is 5.83. The zero-order valence-corrected chi connectivity index (χ0v) is 12.1. The minimum absolute atomic E-state index is 0.744. The van der Waals surface area contributed by atoms with Gasteiger partial charge in [-0.2, -0.15) is 0 Å². The molecule has 0 aliphatic carbocycles. The fourth-order valence-corrected chi connectivity index (χ4v) is 3.11. The van der Waals surface area contributed by atoms with Crippen molar-refractivity contribution in [1.29, 1.82) is 0 Å². The first-order chi connectivity index (χ1) is 7.63. The number of hydrogen-bond donors (Lipinski definition) is 1. The molecular weight excluding hydrogens is 310 g/mol. The molecule has 2 aromatic heterocycles. The SMILES string of the molecule is CNCc1nc(-c2ccc(Cl)s2)c(Br)n1C.